The number of methoxy groups -OCH3 is 1. The maximum absolute atomic E-state index is 12.2. The molecule has 2 aromatic carbocycles. The zero-order valence-corrected chi connectivity index (χ0v) is 14.9. The van der Waals surface area contributed by atoms with Gasteiger partial charge in [0, 0.05) is 18.5 Å². The van der Waals surface area contributed by atoms with Crippen LogP contribution in [-0.4, -0.2) is 32.9 Å². The van der Waals surface area contributed by atoms with Gasteiger partial charge in [0.2, 0.25) is 5.91 Å². The molecule has 0 aliphatic heterocycles. The molecule has 26 heavy (non-hydrogen) atoms. The van der Waals surface area contributed by atoms with Gasteiger partial charge in [0.05, 0.1) is 12.8 Å². The van der Waals surface area contributed by atoms with Crippen molar-refractivity contribution in [3.8, 4) is 22.9 Å². The van der Waals surface area contributed by atoms with Gasteiger partial charge in [-0.15, -0.1) is 0 Å². The Morgan fingerprint density at radius 1 is 1.27 bits per heavy atom. The van der Waals surface area contributed by atoms with E-state index in [1.165, 1.54) is 6.07 Å². The minimum Gasteiger partial charge on any atom is -0.506 e. The number of aromatic nitrogens is 3. The number of anilines is 1. The lowest BCUT2D eigenvalue weighted by atomic mass is 10.2. The van der Waals surface area contributed by atoms with E-state index in [0.717, 1.165) is 11.3 Å². The highest BCUT2D eigenvalue weighted by Crippen LogP contribution is 2.23. The number of rotatable bonds is 6. The number of para-hydroxylation sites is 2. The van der Waals surface area contributed by atoms with Gasteiger partial charge < -0.3 is 15.2 Å². The van der Waals surface area contributed by atoms with Gasteiger partial charge in [-0.1, -0.05) is 12.1 Å². The first-order valence-electron chi connectivity index (χ1n) is 7.96. The number of phenols is 1. The van der Waals surface area contributed by atoms with Gasteiger partial charge in [-0.25, -0.2) is 0 Å². The van der Waals surface area contributed by atoms with Crippen molar-refractivity contribution in [1.82, 2.24) is 14.8 Å². The van der Waals surface area contributed by atoms with Gasteiger partial charge in [-0.3, -0.25) is 14.5 Å². The van der Waals surface area contributed by atoms with Gasteiger partial charge >= 0.3 is 0 Å². The Morgan fingerprint density at radius 3 is 2.69 bits per heavy atom. The largest absolute Gasteiger partial charge is 0.506 e. The molecule has 134 valence electrons. The number of ether oxygens (including phenoxy) is 1. The lowest BCUT2D eigenvalue weighted by Gasteiger charge is -2.09. The second-order valence-corrected chi connectivity index (χ2v) is 5.93. The van der Waals surface area contributed by atoms with Crippen LogP contribution in [0.25, 0.3) is 11.4 Å². The van der Waals surface area contributed by atoms with E-state index in [1.807, 2.05) is 24.3 Å². The van der Waals surface area contributed by atoms with Crippen LogP contribution in [0.1, 0.15) is 6.42 Å². The molecule has 1 aromatic heterocycles. The summed E-state index contributed by atoms with van der Waals surface area (Å²) in [5.41, 5.74) is 1.24. The van der Waals surface area contributed by atoms with Crippen LogP contribution in [0.4, 0.5) is 5.69 Å². The Bertz CT molecular complexity index is 963. The third kappa shape index (κ3) is 3.92. The molecule has 0 saturated heterocycles. The number of carbonyl (C=O) groups is 1. The number of phenolic OH excluding ortho intramolecular Hbond substituents is 1. The Morgan fingerprint density at radius 2 is 2.00 bits per heavy atom. The molecule has 0 aliphatic carbocycles. The molecule has 0 unspecified atom stereocenters. The number of aromatic amines is 1. The molecule has 0 saturated carbocycles. The standard InChI is InChI=1S/C18H18N4O3S/c1-25-13-8-6-12(7-9-13)17-20-21-18(26)22(17)11-10-16(24)19-14-4-2-3-5-15(14)23/h2-9,23H,10-11H2,1H3,(H,19,24)(H,21,26). The summed E-state index contributed by atoms with van der Waals surface area (Å²) in [5, 5.41) is 19.4. The predicted molar refractivity (Wildman–Crippen MR) is 101 cm³/mol. The van der Waals surface area contributed by atoms with E-state index in [2.05, 4.69) is 15.5 Å². The molecular formula is C18H18N4O3S. The molecule has 0 spiro atoms. The number of nitrogens with zero attached hydrogens (tertiary/aromatic N) is 2. The maximum atomic E-state index is 12.2. The van der Waals surface area contributed by atoms with Crippen LogP contribution >= 0.6 is 12.2 Å². The summed E-state index contributed by atoms with van der Waals surface area (Å²) >= 11 is 5.27. The van der Waals surface area contributed by atoms with Gasteiger partial charge in [-0.05, 0) is 48.6 Å². The molecule has 0 bridgehead atoms. The highest BCUT2D eigenvalue weighted by atomic mass is 32.1. The fourth-order valence-electron chi connectivity index (χ4n) is 2.49. The third-order valence-electron chi connectivity index (χ3n) is 3.85. The van der Waals surface area contributed by atoms with Gasteiger partial charge in [-0.2, -0.15) is 5.10 Å². The topological polar surface area (TPSA) is 92.2 Å². The molecule has 3 aromatic rings. The van der Waals surface area contributed by atoms with Crippen LogP contribution < -0.4 is 10.1 Å². The smallest absolute Gasteiger partial charge is 0.226 e. The van der Waals surface area contributed by atoms with Crippen molar-refractivity contribution in [2.24, 2.45) is 0 Å². The first kappa shape index (κ1) is 17.7. The Kier molecular flexibility index (Phi) is 5.33. The molecular weight excluding hydrogens is 352 g/mol. The van der Waals surface area contributed by atoms with Crippen LogP contribution in [0, 0.1) is 4.77 Å². The van der Waals surface area contributed by atoms with Gasteiger partial charge in [0.25, 0.3) is 0 Å². The van der Waals surface area contributed by atoms with Crippen molar-refractivity contribution in [3.05, 3.63) is 53.3 Å². The second-order valence-electron chi connectivity index (χ2n) is 5.55. The Hall–Kier alpha value is -3.13. The fraction of sp³-hybridized carbons (Fsp3) is 0.167. The summed E-state index contributed by atoms with van der Waals surface area (Å²) in [5.74, 6) is 1.19. The number of benzene rings is 2. The zero-order chi connectivity index (χ0) is 18.5. The molecule has 1 amide bonds. The average Bonchev–Trinajstić information content (AvgIpc) is 3.02. The van der Waals surface area contributed by atoms with Crippen LogP contribution in [0.2, 0.25) is 0 Å². The molecule has 3 N–H and O–H groups in total. The van der Waals surface area contributed by atoms with Crippen molar-refractivity contribution in [3.63, 3.8) is 0 Å². The minimum atomic E-state index is -0.227. The summed E-state index contributed by atoms with van der Waals surface area (Å²) in [6.45, 7) is 0.357. The fourth-order valence-corrected chi connectivity index (χ4v) is 2.71. The van der Waals surface area contributed by atoms with Crippen molar-refractivity contribution in [2.75, 3.05) is 12.4 Å². The lowest BCUT2D eigenvalue weighted by molar-refractivity contribution is -0.116. The van der Waals surface area contributed by atoms with Crippen LogP contribution in [0.5, 0.6) is 11.5 Å². The number of H-pyrrole nitrogens is 1. The molecule has 0 radical (unpaired) electrons. The van der Waals surface area contributed by atoms with Crippen molar-refractivity contribution < 1.29 is 14.6 Å². The van der Waals surface area contributed by atoms with E-state index in [9.17, 15) is 9.90 Å². The maximum Gasteiger partial charge on any atom is 0.226 e. The van der Waals surface area contributed by atoms with Crippen LogP contribution in [-0.2, 0) is 11.3 Å². The normalized spacial score (nSPS) is 10.5. The van der Waals surface area contributed by atoms with E-state index in [1.54, 1.807) is 29.9 Å². The van der Waals surface area contributed by atoms with E-state index < -0.39 is 0 Å². The number of aromatic hydroxyl groups is 1. The molecule has 8 heteroatoms. The summed E-state index contributed by atoms with van der Waals surface area (Å²) in [6.07, 6.45) is 0.186. The lowest BCUT2D eigenvalue weighted by Crippen LogP contribution is -2.15. The first-order valence-corrected chi connectivity index (χ1v) is 8.37. The summed E-state index contributed by atoms with van der Waals surface area (Å²) < 4.78 is 7.36. The quantitative estimate of drug-likeness (QED) is 0.457. The molecule has 0 fully saturated rings. The summed E-state index contributed by atoms with van der Waals surface area (Å²) in [6, 6.07) is 14.0. The van der Waals surface area contributed by atoms with E-state index in [-0.39, 0.29) is 18.1 Å². The highest BCUT2D eigenvalue weighted by molar-refractivity contribution is 7.71. The highest BCUT2D eigenvalue weighted by Gasteiger charge is 2.12. The summed E-state index contributed by atoms with van der Waals surface area (Å²) in [4.78, 5) is 12.2. The minimum absolute atomic E-state index is 0.0275. The van der Waals surface area contributed by atoms with Crippen LogP contribution in [0.3, 0.4) is 0 Å². The third-order valence-corrected chi connectivity index (χ3v) is 4.16. The zero-order valence-electron chi connectivity index (χ0n) is 14.1. The van der Waals surface area contributed by atoms with Gasteiger partial charge in [0.15, 0.2) is 10.6 Å². The second kappa shape index (κ2) is 7.83. The number of hydrogen-bond acceptors (Lipinski definition) is 5. The van der Waals surface area contributed by atoms with E-state index in [4.69, 9.17) is 17.0 Å². The molecule has 7 nitrogen and oxygen atoms in total. The Balaban J connectivity index is 1.72. The van der Waals surface area contributed by atoms with Crippen molar-refractivity contribution >= 4 is 23.8 Å². The molecule has 1 heterocycles. The SMILES string of the molecule is COc1ccc(-c2n[nH]c(=S)n2CCC(=O)Nc2ccccc2O)cc1. The van der Waals surface area contributed by atoms with E-state index >= 15 is 0 Å². The number of nitrogens with one attached hydrogen (secondary N) is 2. The monoisotopic (exact) mass is 370 g/mol. The van der Waals surface area contributed by atoms with E-state index in [0.29, 0.717) is 22.8 Å². The average molecular weight is 370 g/mol. The van der Waals surface area contributed by atoms with Crippen molar-refractivity contribution in [1.29, 1.82) is 0 Å². The number of hydrogen-bond donors (Lipinski definition) is 3. The summed E-state index contributed by atoms with van der Waals surface area (Å²) in [7, 11) is 1.61. The van der Waals surface area contributed by atoms with Gasteiger partial charge in [0.1, 0.15) is 11.5 Å². The first-order chi connectivity index (χ1) is 12.6. The molecule has 3 rings (SSSR count). The predicted octanol–water partition coefficient (Wildman–Crippen LogP) is 3.35. The van der Waals surface area contributed by atoms with Crippen molar-refractivity contribution in [2.45, 2.75) is 13.0 Å². The molecule has 0 atom stereocenters. The Labute approximate surface area is 155 Å². The number of amides is 1. The molecule has 0 aliphatic rings. The van der Waals surface area contributed by atoms with Crippen LogP contribution in [0.15, 0.2) is 48.5 Å². The number of carbonyl (C=O) groups excluding carboxylic acids is 1.